The van der Waals surface area contributed by atoms with Gasteiger partial charge in [0.25, 0.3) is 0 Å². The molecular formula is C8H10BrCl2NO2S2. The second-order valence-corrected chi connectivity index (χ2v) is 7.86. The van der Waals surface area contributed by atoms with Crippen LogP contribution in [0.4, 0.5) is 0 Å². The first-order valence-electron chi connectivity index (χ1n) is 4.44. The van der Waals surface area contributed by atoms with Crippen molar-refractivity contribution < 1.29 is 8.42 Å². The summed E-state index contributed by atoms with van der Waals surface area (Å²) in [5.41, 5.74) is 0. The van der Waals surface area contributed by atoms with Crippen LogP contribution in [0.15, 0.2) is 11.0 Å². The molecule has 0 unspecified atom stereocenters. The van der Waals surface area contributed by atoms with Gasteiger partial charge in [0.15, 0.2) is 0 Å². The smallest absolute Gasteiger partial charge is 0.207 e. The van der Waals surface area contributed by atoms with Gasteiger partial charge in [-0.15, -0.1) is 11.3 Å². The third-order valence-electron chi connectivity index (χ3n) is 1.93. The van der Waals surface area contributed by atoms with Gasteiger partial charge in [0.05, 0.1) is 4.34 Å². The Kier molecular flexibility index (Phi) is 5.54. The molecule has 0 N–H and O–H groups in total. The molecule has 0 aliphatic heterocycles. The Labute approximate surface area is 118 Å². The lowest BCUT2D eigenvalue weighted by molar-refractivity contribution is 0.448. The van der Waals surface area contributed by atoms with Crippen LogP contribution in [-0.2, 0) is 10.0 Å². The zero-order valence-electron chi connectivity index (χ0n) is 8.41. The molecule has 0 aliphatic carbocycles. The highest BCUT2D eigenvalue weighted by atomic mass is 79.9. The van der Waals surface area contributed by atoms with E-state index in [-0.39, 0.29) is 9.23 Å². The summed E-state index contributed by atoms with van der Waals surface area (Å²) in [6.45, 7) is 2.59. The maximum absolute atomic E-state index is 12.2. The fourth-order valence-corrected chi connectivity index (χ4v) is 5.41. The van der Waals surface area contributed by atoms with Gasteiger partial charge in [0.2, 0.25) is 10.0 Å². The summed E-state index contributed by atoms with van der Waals surface area (Å²) in [4.78, 5) is 0.0898. The minimum Gasteiger partial charge on any atom is -0.207 e. The van der Waals surface area contributed by atoms with Crippen LogP contribution in [0.1, 0.15) is 6.92 Å². The van der Waals surface area contributed by atoms with Gasteiger partial charge in [-0.25, -0.2) is 8.42 Å². The van der Waals surface area contributed by atoms with Gasteiger partial charge < -0.3 is 0 Å². The zero-order chi connectivity index (χ0) is 12.3. The molecule has 0 saturated heterocycles. The Bertz CT molecular complexity index is 461. The van der Waals surface area contributed by atoms with E-state index in [1.807, 2.05) is 0 Å². The normalized spacial score (nSPS) is 12.3. The van der Waals surface area contributed by atoms with E-state index >= 15 is 0 Å². The van der Waals surface area contributed by atoms with E-state index in [0.717, 1.165) is 11.3 Å². The van der Waals surface area contributed by atoms with Crippen LogP contribution in [0.3, 0.4) is 0 Å². The van der Waals surface area contributed by atoms with Crippen molar-refractivity contribution >= 4 is 60.5 Å². The van der Waals surface area contributed by atoms with Gasteiger partial charge in [0.1, 0.15) is 9.23 Å². The number of sulfonamides is 1. The lowest BCUT2D eigenvalue weighted by Gasteiger charge is -2.18. The second kappa shape index (κ2) is 6.02. The molecule has 0 aliphatic rings. The van der Waals surface area contributed by atoms with Crippen molar-refractivity contribution in [2.75, 3.05) is 18.4 Å². The van der Waals surface area contributed by atoms with Crippen LogP contribution in [0.25, 0.3) is 0 Å². The first kappa shape index (κ1) is 14.7. The largest absolute Gasteiger partial charge is 0.245 e. The minimum atomic E-state index is -3.53. The van der Waals surface area contributed by atoms with Crippen LogP contribution < -0.4 is 0 Å². The summed E-state index contributed by atoms with van der Waals surface area (Å²) in [5.74, 6) is 0. The van der Waals surface area contributed by atoms with Gasteiger partial charge >= 0.3 is 0 Å². The van der Waals surface area contributed by atoms with Crippen molar-refractivity contribution in [3.8, 4) is 0 Å². The molecule has 0 saturated carbocycles. The predicted molar refractivity (Wildman–Crippen MR) is 72.6 cm³/mol. The van der Waals surface area contributed by atoms with Gasteiger partial charge in [-0.3, -0.25) is 0 Å². The van der Waals surface area contributed by atoms with Crippen LogP contribution >= 0.6 is 50.5 Å². The number of nitrogens with zero attached hydrogens (tertiary/aromatic N) is 1. The molecule has 16 heavy (non-hydrogen) atoms. The molecular weight excluding hydrogens is 357 g/mol. The molecule has 0 spiro atoms. The van der Waals surface area contributed by atoms with Gasteiger partial charge in [-0.2, -0.15) is 4.31 Å². The molecule has 0 amide bonds. The van der Waals surface area contributed by atoms with E-state index in [0.29, 0.717) is 22.8 Å². The first-order chi connectivity index (χ1) is 7.43. The van der Waals surface area contributed by atoms with Crippen molar-refractivity contribution in [3.05, 3.63) is 14.7 Å². The van der Waals surface area contributed by atoms with E-state index < -0.39 is 10.0 Å². The molecule has 3 nitrogen and oxygen atoms in total. The fraction of sp³-hybridized carbons (Fsp3) is 0.500. The minimum absolute atomic E-state index is 0.0898. The third kappa shape index (κ3) is 3.11. The van der Waals surface area contributed by atoms with Gasteiger partial charge in [-0.05, 0) is 6.07 Å². The quantitative estimate of drug-likeness (QED) is 0.748. The number of hydrogen-bond donors (Lipinski definition) is 0. The monoisotopic (exact) mass is 365 g/mol. The second-order valence-electron chi connectivity index (χ2n) is 2.87. The van der Waals surface area contributed by atoms with Crippen molar-refractivity contribution in [2.24, 2.45) is 0 Å². The highest BCUT2D eigenvalue weighted by Gasteiger charge is 2.26. The van der Waals surface area contributed by atoms with Gasteiger partial charge in [-0.1, -0.05) is 46.1 Å². The Morgan fingerprint density at radius 3 is 2.50 bits per heavy atom. The number of alkyl halides is 1. The average Bonchev–Trinajstić information content (AvgIpc) is 2.54. The van der Waals surface area contributed by atoms with E-state index in [4.69, 9.17) is 23.2 Å². The Morgan fingerprint density at radius 2 is 2.12 bits per heavy atom. The van der Waals surface area contributed by atoms with Crippen molar-refractivity contribution in [1.29, 1.82) is 0 Å². The molecule has 8 heteroatoms. The number of thiophene rings is 1. The van der Waals surface area contributed by atoms with E-state index in [2.05, 4.69) is 15.9 Å². The first-order valence-corrected chi connectivity index (χ1v) is 8.57. The topological polar surface area (TPSA) is 37.4 Å². The SMILES string of the molecule is CCN(CCBr)S(=O)(=O)c1cc(Cl)sc1Cl. The summed E-state index contributed by atoms with van der Waals surface area (Å²) >= 11 is 15.9. The van der Waals surface area contributed by atoms with Gasteiger partial charge in [0, 0.05) is 18.4 Å². The van der Waals surface area contributed by atoms with E-state index in [1.54, 1.807) is 6.92 Å². The number of rotatable bonds is 5. The highest BCUT2D eigenvalue weighted by Crippen LogP contribution is 2.35. The number of hydrogen-bond acceptors (Lipinski definition) is 3. The average molecular weight is 367 g/mol. The predicted octanol–water partition coefficient (Wildman–Crippen LogP) is 3.46. The maximum Gasteiger partial charge on any atom is 0.245 e. The molecule has 92 valence electrons. The lowest BCUT2D eigenvalue weighted by atomic mass is 10.7. The zero-order valence-corrected chi connectivity index (χ0v) is 13.1. The van der Waals surface area contributed by atoms with Crippen molar-refractivity contribution in [3.63, 3.8) is 0 Å². The van der Waals surface area contributed by atoms with Crippen LogP contribution in [0.2, 0.25) is 8.67 Å². The molecule has 0 aromatic carbocycles. The molecule has 1 heterocycles. The Hall–Kier alpha value is 0.670. The van der Waals surface area contributed by atoms with Crippen LogP contribution in [-0.4, -0.2) is 31.1 Å². The highest BCUT2D eigenvalue weighted by molar-refractivity contribution is 9.09. The van der Waals surface area contributed by atoms with E-state index in [9.17, 15) is 8.42 Å². The lowest BCUT2D eigenvalue weighted by Crippen LogP contribution is -2.32. The third-order valence-corrected chi connectivity index (χ3v) is 6.01. The molecule has 0 bridgehead atoms. The summed E-state index contributed by atoms with van der Waals surface area (Å²) in [6, 6.07) is 1.39. The van der Waals surface area contributed by atoms with Crippen molar-refractivity contribution in [1.82, 2.24) is 4.31 Å². The molecule has 0 radical (unpaired) electrons. The Balaban J connectivity index is 3.14. The standard InChI is InChI=1S/C8H10BrCl2NO2S2/c1-2-12(4-3-9)16(13,14)6-5-7(10)15-8(6)11/h5H,2-4H2,1H3. The molecule has 0 atom stereocenters. The molecule has 1 aromatic rings. The summed E-state index contributed by atoms with van der Waals surface area (Å²) in [5, 5.41) is 0.579. The molecule has 0 fully saturated rings. The van der Waals surface area contributed by atoms with Crippen LogP contribution in [0.5, 0.6) is 0 Å². The molecule has 1 aromatic heterocycles. The van der Waals surface area contributed by atoms with Crippen molar-refractivity contribution in [2.45, 2.75) is 11.8 Å². The summed E-state index contributed by atoms with van der Waals surface area (Å²) in [7, 11) is -3.53. The molecule has 1 rings (SSSR count). The Morgan fingerprint density at radius 1 is 1.50 bits per heavy atom. The number of halogens is 3. The summed E-state index contributed by atoms with van der Waals surface area (Å²) < 4.78 is 26.2. The maximum atomic E-state index is 12.2. The fourth-order valence-electron chi connectivity index (χ4n) is 1.18. The van der Waals surface area contributed by atoms with Crippen LogP contribution in [0, 0.1) is 0 Å². The van der Waals surface area contributed by atoms with E-state index in [1.165, 1.54) is 10.4 Å². The summed E-state index contributed by atoms with van der Waals surface area (Å²) in [6.07, 6.45) is 0.